The summed E-state index contributed by atoms with van der Waals surface area (Å²) >= 11 is 0. The molecule has 5 rings (SSSR count). The number of nitrogens with two attached hydrogens (primary N) is 1. The van der Waals surface area contributed by atoms with E-state index in [2.05, 4.69) is 47.9 Å². The van der Waals surface area contributed by atoms with Crippen LogP contribution in [0.3, 0.4) is 0 Å². The number of primary amides is 1. The molecule has 0 unspecified atom stereocenters. The Kier molecular flexibility index (Phi) is 6.18. The van der Waals surface area contributed by atoms with Gasteiger partial charge in [0, 0.05) is 44.0 Å². The normalized spacial score (nSPS) is 18.2. The van der Waals surface area contributed by atoms with Crippen LogP contribution in [0.1, 0.15) is 60.7 Å². The highest BCUT2D eigenvalue weighted by atomic mass is 19.1. The molecular formula is C26H32FN5O2. The van der Waals surface area contributed by atoms with Gasteiger partial charge in [-0.05, 0) is 60.9 Å². The molecular weight excluding hydrogens is 433 g/mol. The number of nitrogens with zero attached hydrogens (tertiary/aromatic N) is 4. The van der Waals surface area contributed by atoms with E-state index in [1.54, 1.807) is 23.0 Å². The predicted octanol–water partition coefficient (Wildman–Crippen LogP) is 3.85. The first-order chi connectivity index (χ1) is 16.0. The smallest absolute Gasteiger partial charge is 0.255 e. The highest BCUT2D eigenvalue weighted by molar-refractivity contribution is 5.99. The van der Waals surface area contributed by atoms with Crippen molar-refractivity contribution < 1.29 is 14.0 Å². The Morgan fingerprint density at radius 1 is 1.12 bits per heavy atom. The molecule has 34 heavy (non-hydrogen) atoms. The number of carbonyl (C=O) groups is 2. The highest BCUT2D eigenvalue weighted by Crippen LogP contribution is 2.40. The summed E-state index contributed by atoms with van der Waals surface area (Å²) < 4.78 is 15.9. The average Bonchev–Trinajstić information content (AvgIpc) is 3.33. The summed E-state index contributed by atoms with van der Waals surface area (Å²) in [5.74, 6) is -0.830. The van der Waals surface area contributed by atoms with Gasteiger partial charge in [0.05, 0.1) is 11.8 Å². The zero-order valence-electron chi connectivity index (χ0n) is 20.3. The van der Waals surface area contributed by atoms with Crippen LogP contribution in [-0.2, 0) is 17.6 Å². The second-order valence-corrected chi connectivity index (χ2v) is 10.2. The van der Waals surface area contributed by atoms with E-state index in [9.17, 15) is 14.0 Å². The van der Waals surface area contributed by atoms with Gasteiger partial charge in [0.2, 0.25) is 0 Å². The third kappa shape index (κ3) is 4.67. The molecule has 1 aromatic carbocycles. The van der Waals surface area contributed by atoms with Crippen molar-refractivity contribution in [1.29, 1.82) is 0 Å². The number of piperidine rings is 1. The van der Waals surface area contributed by atoms with Crippen molar-refractivity contribution in [1.82, 2.24) is 14.6 Å². The Bertz CT molecular complexity index is 1240. The van der Waals surface area contributed by atoms with E-state index >= 15 is 0 Å². The second kappa shape index (κ2) is 8.81. The van der Waals surface area contributed by atoms with Crippen LogP contribution in [0.15, 0.2) is 36.8 Å². The van der Waals surface area contributed by atoms with Crippen molar-refractivity contribution in [3.63, 3.8) is 0 Å². The summed E-state index contributed by atoms with van der Waals surface area (Å²) in [6.07, 6.45) is 7.52. The highest BCUT2D eigenvalue weighted by Gasteiger charge is 2.40. The number of ketones is 1. The SMILES string of the molecule is CC(=O)c1cnn2cccnc12.Cc1cc2c(cc1N1CCC(F)(C(N)=O)CC1)CC(C)(C)C2. The maximum absolute atomic E-state index is 14.3. The lowest BCUT2D eigenvalue weighted by molar-refractivity contribution is -0.130. The summed E-state index contributed by atoms with van der Waals surface area (Å²) in [4.78, 5) is 28.5. The van der Waals surface area contributed by atoms with Crippen molar-refractivity contribution in [2.24, 2.45) is 11.1 Å². The van der Waals surface area contributed by atoms with E-state index in [-0.39, 0.29) is 18.6 Å². The lowest BCUT2D eigenvalue weighted by Gasteiger charge is -2.36. The van der Waals surface area contributed by atoms with E-state index < -0.39 is 11.6 Å². The van der Waals surface area contributed by atoms with Gasteiger partial charge >= 0.3 is 0 Å². The van der Waals surface area contributed by atoms with E-state index in [1.807, 2.05) is 0 Å². The fourth-order valence-electron chi connectivity index (χ4n) is 4.99. The minimum atomic E-state index is -1.83. The molecule has 180 valence electrons. The van der Waals surface area contributed by atoms with Gasteiger partial charge in [0.15, 0.2) is 17.1 Å². The maximum Gasteiger partial charge on any atom is 0.255 e. The zero-order valence-corrected chi connectivity index (χ0v) is 20.3. The Morgan fingerprint density at radius 2 is 1.76 bits per heavy atom. The average molecular weight is 466 g/mol. The second-order valence-electron chi connectivity index (χ2n) is 10.2. The van der Waals surface area contributed by atoms with E-state index in [1.165, 1.54) is 35.5 Å². The Balaban J connectivity index is 0.000000192. The fraction of sp³-hybridized carbons (Fsp3) is 0.462. The summed E-state index contributed by atoms with van der Waals surface area (Å²) in [6.45, 7) is 9.31. The molecule has 1 aliphatic heterocycles. The number of amides is 1. The molecule has 8 heteroatoms. The molecule has 2 N–H and O–H groups in total. The molecule has 1 aliphatic carbocycles. The molecule has 2 aliphatic rings. The van der Waals surface area contributed by atoms with E-state index in [4.69, 9.17) is 5.73 Å². The number of hydrogen-bond acceptors (Lipinski definition) is 5. The minimum absolute atomic E-state index is 0.0105. The van der Waals surface area contributed by atoms with Gasteiger partial charge in [-0.2, -0.15) is 5.10 Å². The number of aryl methyl sites for hydroxylation is 1. The van der Waals surface area contributed by atoms with Crippen molar-refractivity contribution in [2.75, 3.05) is 18.0 Å². The zero-order chi connectivity index (χ0) is 24.7. The monoisotopic (exact) mass is 465 g/mol. The molecule has 1 amide bonds. The number of benzene rings is 1. The molecule has 0 spiro atoms. The quantitative estimate of drug-likeness (QED) is 0.593. The van der Waals surface area contributed by atoms with Gasteiger partial charge in [-0.3, -0.25) is 9.59 Å². The van der Waals surface area contributed by atoms with Crippen LogP contribution in [0.2, 0.25) is 0 Å². The largest absolute Gasteiger partial charge is 0.371 e. The maximum atomic E-state index is 14.3. The van der Waals surface area contributed by atoms with E-state index in [0.717, 1.165) is 12.8 Å². The van der Waals surface area contributed by atoms with Gasteiger partial charge in [-0.25, -0.2) is 13.9 Å². The van der Waals surface area contributed by atoms with Crippen LogP contribution in [0.25, 0.3) is 5.65 Å². The summed E-state index contributed by atoms with van der Waals surface area (Å²) in [7, 11) is 0. The first kappa shape index (κ1) is 23.9. The van der Waals surface area contributed by atoms with Gasteiger partial charge in [-0.1, -0.05) is 19.9 Å². The molecule has 1 fully saturated rings. The molecule has 3 aromatic rings. The number of aromatic nitrogens is 3. The first-order valence-corrected chi connectivity index (χ1v) is 11.6. The number of alkyl halides is 1. The fourth-order valence-corrected chi connectivity index (χ4v) is 4.99. The molecule has 2 aromatic heterocycles. The van der Waals surface area contributed by atoms with Crippen molar-refractivity contribution >= 4 is 23.0 Å². The van der Waals surface area contributed by atoms with Gasteiger partial charge in [0.25, 0.3) is 5.91 Å². The van der Waals surface area contributed by atoms with E-state index in [0.29, 0.717) is 29.7 Å². The van der Waals surface area contributed by atoms with Crippen LogP contribution in [0.4, 0.5) is 10.1 Å². The molecule has 0 saturated carbocycles. The van der Waals surface area contributed by atoms with Crippen molar-refractivity contribution in [3.8, 4) is 0 Å². The van der Waals surface area contributed by atoms with Crippen LogP contribution in [0.5, 0.6) is 0 Å². The third-order valence-corrected chi connectivity index (χ3v) is 6.85. The van der Waals surface area contributed by atoms with Crippen molar-refractivity contribution in [2.45, 2.75) is 59.0 Å². The standard InChI is InChI=1S/C18H25FN2O.C8H7N3O/c1-12-8-13-10-17(2,3)11-14(13)9-15(12)21-6-4-18(19,5-7-21)16(20)22;1-6(12)7-5-10-11-4-2-3-9-8(7)11/h8-9H,4-7,10-11H2,1-3H3,(H2,20,22);2-5H,1H3. The Hall–Kier alpha value is -3.29. The third-order valence-electron chi connectivity index (χ3n) is 6.85. The molecule has 0 bridgehead atoms. The molecule has 1 saturated heterocycles. The number of rotatable bonds is 3. The topological polar surface area (TPSA) is 93.6 Å². The number of hydrogen-bond donors (Lipinski definition) is 1. The summed E-state index contributed by atoms with van der Waals surface area (Å²) in [5, 5.41) is 3.97. The Labute approximate surface area is 199 Å². The van der Waals surface area contributed by atoms with Gasteiger partial charge < -0.3 is 10.6 Å². The molecule has 3 heterocycles. The first-order valence-electron chi connectivity index (χ1n) is 11.6. The van der Waals surface area contributed by atoms with Crippen LogP contribution in [0, 0.1) is 12.3 Å². The lowest BCUT2D eigenvalue weighted by atomic mass is 9.90. The van der Waals surface area contributed by atoms with Crippen LogP contribution < -0.4 is 10.6 Å². The van der Waals surface area contributed by atoms with Gasteiger partial charge in [-0.15, -0.1) is 0 Å². The summed E-state index contributed by atoms with van der Waals surface area (Å²) in [5.41, 5.74) is 10.1. The number of carbonyl (C=O) groups excluding carboxylic acids is 2. The lowest BCUT2D eigenvalue weighted by Crippen LogP contribution is -2.49. The summed E-state index contributed by atoms with van der Waals surface area (Å²) in [6, 6.07) is 6.32. The Morgan fingerprint density at radius 3 is 2.38 bits per heavy atom. The minimum Gasteiger partial charge on any atom is -0.371 e. The van der Waals surface area contributed by atoms with Crippen LogP contribution >= 0.6 is 0 Å². The molecule has 0 atom stereocenters. The van der Waals surface area contributed by atoms with Gasteiger partial charge in [0.1, 0.15) is 0 Å². The van der Waals surface area contributed by atoms with Crippen molar-refractivity contribution in [3.05, 3.63) is 59.0 Å². The molecule has 7 nitrogen and oxygen atoms in total. The number of Topliss-reactive ketones (excluding diaryl/α,β-unsaturated/α-hetero) is 1. The molecule has 0 radical (unpaired) electrons. The number of halogens is 1. The van der Waals surface area contributed by atoms with Crippen LogP contribution in [-0.4, -0.2) is 45.0 Å². The number of fused-ring (bicyclic) bond motifs is 2. The number of anilines is 1. The predicted molar refractivity (Wildman–Crippen MR) is 130 cm³/mol.